The second-order valence-corrected chi connectivity index (χ2v) is 5.19. The fourth-order valence-electron chi connectivity index (χ4n) is 2.50. The van der Waals surface area contributed by atoms with E-state index in [1.807, 2.05) is 13.1 Å². The van der Waals surface area contributed by atoms with E-state index in [0.717, 1.165) is 18.5 Å². The quantitative estimate of drug-likeness (QED) is 0.822. The van der Waals surface area contributed by atoms with Gasteiger partial charge in [0.05, 0.1) is 0 Å². The SMILES string of the molecule is Cc1ccc(C(C(C)C)C2(N)CC2)cn1. The van der Waals surface area contributed by atoms with Crippen molar-refractivity contribution in [2.45, 2.75) is 45.1 Å². The van der Waals surface area contributed by atoms with Crippen molar-refractivity contribution in [1.82, 2.24) is 4.98 Å². The van der Waals surface area contributed by atoms with Crippen LogP contribution in [0.25, 0.3) is 0 Å². The smallest absolute Gasteiger partial charge is 0.0372 e. The highest BCUT2D eigenvalue weighted by Gasteiger charge is 2.47. The lowest BCUT2D eigenvalue weighted by molar-refractivity contribution is 0.402. The number of rotatable bonds is 3. The van der Waals surface area contributed by atoms with Crippen molar-refractivity contribution in [3.8, 4) is 0 Å². The Labute approximate surface area is 91.9 Å². The summed E-state index contributed by atoms with van der Waals surface area (Å²) >= 11 is 0. The van der Waals surface area contributed by atoms with Crippen molar-refractivity contribution in [2.75, 3.05) is 0 Å². The van der Waals surface area contributed by atoms with Crippen molar-refractivity contribution >= 4 is 0 Å². The molecule has 0 aromatic carbocycles. The first-order valence-electron chi connectivity index (χ1n) is 5.74. The Balaban J connectivity index is 2.29. The van der Waals surface area contributed by atoms with Crippen LogP contribution in [-0.4, -0.2) is 10.5 Å². The third-order valence-electron chi connectivity index (χ3n) is 3.41. The molecule has 1 aromatic heterocycles. The van der Waals surface area contributed by atoms with Crippen molar-refractivity contribution in [1.29, 1.82) is 0 Å². The van der Waals surface area contributed by atoms with Crippen LogP contribution in [0.5, 0.6) is 0 Å². The summed E-state index contributed by atoms with van der Waals surface area (Å²) in [6, 6.07) is 4.26. The summed E-state index contributed by atoms with van der Waals surface area (Å²) in [6.45, 7) is 6.51. The van der Waals surface area contributed by atoms with Crippen LogP contribution in [0.2, 0.25) is 0 Å². The van der Waals surface area contributed by atoms with Gasteiger partial charge in [0.2, 0.25) is 0 Å². The van der Waals surface area contributed by atoms with E-state index in [0.29, 0.717) is 11.8 Å². The molecule has 2 rings (SSSR count). The second-order valence-electron chi connectivity index (χ2n) is 5.19. The van der Waals surface area contributed by atoms with E-state index in [-0.39, 0.29) is 5.54 Å². The number of nitrogens with zero attached hydrogens (tertiary/aromatic N) is 1. The third kappa shape index (κ3) is 2.05. The molecule has 15 heavy (non-hydrogen) atoms. The van der Waals surface area contributed by atoms with Crippen LogP contribution in [0.1, 0.15) is 43.9 Å². The molecule has 1 unspecified atom stereocenters. The Hall–Kier alpha value is -0.890. The first-order chi connectivity index (χ1) is 7.03. The van der Waals surface area contributed by atoms with E-state index < -0.39 is 0 Å². The minimum Gasteiger partial charge on any atom is -0.325 e. The van der Waals surface area contributed by atoms with E-state index in [2.05, 4.69) is 31.0 Å². The number of nitrogens with two attached hydrogens (primary N) is 1. The van der Waals surface area contributed by atoms with E-state index in [1.54, 1.807) is 0 Å². The van der Waals surface area contributed by atoms with Crippen LogP contribution in [-0.2, 0) is 0 Å². The van der Waals surface area contributed by atoms with Gasteiger partial charge in [-0.3, -0.25) is 4.98 Å². The molecule has 1 aromatic rings. The molecule has 1 atom stereocenters. The molecule has 1 fully saturated rings. The first kappa shape index (κ1) is 10.6. The Morgan fingerprint density at radius 2 is 2.00 bits per heavy atom. The summed E-state index contributed by atoms with van der Waals surface area (Å²) < 4.78 is 0. The van der Waals surface area contributed by atoms with Gasteiger partial charge >= 0.3 is 0 Å². The van der Waals surface area contributed by atoms with Gasteiger partial charge in [0.1, 0.15) is 0 Å². The van der Waals surface area contributed by atoms with Gasteiger partial charge < -0.3 is 5.73 Å². The molecule has 1 saturated carbocycles. The summed E-state index contributed by atoms with van der Waals surface area (Å²) in [7, 11) is 0. The minimum absolute atomic E-state index is 0.0467. The molecule has 0 spiro atoms. The number of hydrogen-bond donors (Lipinski definition) is 1. The summed E-state index contributed by atoms with van der Waals surface area (Å²) in [5.74, 6) is 1.05. The maximum Gasteiger partial charge on any atom is 0.0372 e. The maximum atomic E-state index is 6.33. The molecule has 2 N–H and O–H groups in total. The molecule has 0 aliphatic heterocycles. The zero-order valence-electron chi connectivity index (χ0n) is 9.83. The van der Waals surface area contributed by atoms with Crippen LogP contribution < -0.4 is 5.73 Å². The van der Waals surface area contributed by atoms with E-state index in [1.165, 1.54) is 5.56 Å². The topological polar surface area (TPSA) is 38.9 Å². The largest absolute Gasteiger partial charge is 0.325 e. The van der Waals surface area contributed by atoms with Gasteiger partial charge in [-0.05, 0) is 37.3 Å². The van der Waals surface area contributed by atoms with Crippen LogP contribution in [0, 0.1) is 12.8 Å². The highest BCUT2D eigenvalue weighted by Crippen LogP contribution is 2.48. The van der Waals surface area contributed by atoms with Gasteiger partial charge in [-0.2, -0.15) is 0 Å². The molecule has 0 radical (unpaired) electrons. The fraction of sp³-hybridized carbons (Fsp3) is 0.615. The van der Waals surface area contributed by atoms with Gasteiger partial charge in [-0.15, -0.1) is 0 Å². The zero-order chi connectivity index (χ0) is 11.1. The number of hydrogen-bond acceptors (Lipinski definition) is 2. The average molecular weight is 204 g/mol. The van der Waals surface area contributed by atoms with Gasteiger partial charge in [-0.25, -0.2) is 0 Å². The lowest BCUT2D eigenvalue weighted by atomic mass is 9.81. The summed E-state index contributed by atoms with van der Waals surface area (Å²) in [5, 5.41) is 0. The normalized spacial score (nSPS) is 20.3. The summed E-state index contributed by atoms with van der Waals surface area (Å²) in [6.07, 6.45) is 4.31. The molecule has 82 valence electrons. The van der Waals surface area contributed by atoms with Gasteiger partial charge in [0.25, 0.3) is 0 Å². The lowest BCUT2D eigenvalue weighted by Crippen LogP contribution is -2.33. The second kappa shape index (κ2) is 3.60. The first-order valence-corrected chi connectivity index (χ1v) is 5.74. The molecular weight excluding hydrogens is 184 g/mol. The van der Waals surface area contributed by atoms with Crippen LogP contribution in [0.15, 0.2) is 18.3 Å². The van der Waals surface area contributed by atoms with Crippen LogP contribution >= 0.6 is 0 Å². The molecule has 2 nitrogen and oxygen atoms in total. The van der Waals surface area contributed by atoms with E-state index >= 15 is 0 Å². The summed E-state index contributed by atoms with van der Waals surface area (Å²) in [5.41, 5.74) is 8.75. The predicted molar refractivity (Wildman–Crippen MR) is 62.7 cm³/mol. The highest BCUT2D eigenvalue weighted by molar-refractivity contribution is 5.26. The monoisotopic (exact) mass is 204 g/mol. The van der Waals surface area contributed by atoms with Crippen molar-refractivity contribution in [2.24, 2.45) is 11.7 Å². The van der Waals surface area contributed by atoms with Gasteiger partial charge in [0.15, 0.2) is 0 Å². The van der Waals surface area contributed by atoms with Crippen molar-refractivity contribution in [3.63, 3.8) is 0 Å². The lowest BCUT2D eigenvalue weighted by Gasteiger charge is -2.27. The average Bonchev–Trinajstić information content (AvgIpc) is 2.88. The Morgan fingerprint density at radius 3 is 2.40 bits per heavy atom. The molecule has 0 bridgehead atoms. The maximum absolute atomic E-state index is 6.33. The molecule has 0 amide bonds. The third-order valence-corrected chi connectivity index (χ3v) is 3.41. The highest BCUT2D eigenvalue weighted by atomic mass is 14.8. The number of pyridine rings is 1. The fourth-order valence-corrected chi connectivity index (χ4v) is 2.50. The van der Waals surface area contributed by atoms with Crippen LogP contribution in [0.3, 0.4) is 0 Å². The number of aromatic nitrogens is 1. The Bertz CT molecular complexity index is 336. The molecule has 1 aliphatic rings. The van der Waals surface area contributed by atoms with Gasteiger partial charge in [0, 0.05) is 23.3 Å². The molecule has 1 heterocycles. The molecule has 2 heteroatoms. The standard InChI is InChI=1S/C13H20N2/c1-9(2)12(13(14)6-7-13)11-5-4-10(3)15-8-11/h4-5,8-9,12H,6-7,14H2,1-3H3. The van der Waals surface area contributed by atoms with Crippen molar-refractivity contribution < 1.29 is 0 Å². The Kier molecular flexibility index (Phi) is 2.55. The molecular formula is C13H20N2. The zero-order valence-corrected chi connectivity index (χ0v) is 9.83. The van der Waals surface area contributed by atoms with E-state index in [9.17, 15) is 0 Å². The van der Waals surface area contributed by atoms with Crippen LogP contribution in [0.4, 0.5) is 0 Å². The predicted octanol–water partition coefficient (Wildman–Crippen LogP) is 2.62. The minimum atomic E-state index is 0.0467. The van der Waals surface area contributed by atoms with Gasteiger partial charge in [-0.1, -0.05) is 19.9 Å². The van der Waals surface area contributed by atoms with Crippen molar-refractivity contribution in [3.05, 3.63) is 29.6 Å². The number of aryl methyl sites for hydroxylation is 1. The molecule has 1 aliphatic carbocycles. The molecule has 0 saturated heterocycles. The Morgan fingerprint density at radius 1 is 1.33 bits per heavy atom. The summed E-state index contributed by atoms with van der Waals surface area (Å²) in [4.78, 5) is 4.37. The van der Waals surface area contributed by atoms with E-state index in [4.69, 9.17) is 5.73 Å².